The van der Waals surface area contributed by atoms with Gasteiger partial charge in [-0.1, -0.05) is 56.8 Å². The van der Waals surface area contributed by atoms with E-state index in [1.807, 2.05) is 18.2 Å². The van der Waals surface area contributed by atoms with E-state index in [1.165, 1.54) is 25.7 Å². The van der Waals surface area contributed by atoms with Gasteiger partial charge < -0.3 is 5.32 Å². The van der Waals surface area contributed by atoms with Crippen LogP contribution in [0.4, 0.5) is 0 Å². The lowest BCUT2D eigenvalue weighted by Gasteiger charge is -2.41. The topological polar surface area (TPSA) is 12.0 Å². The van der Waals surface area contributed by atoms with E-state index in [2.05, 4.69) is 26.1 Å². The molecular formula is C17H25Cl2N. The average Bonchev–Trinajstić information content (AvgIpc) is 2.39. The van der Waals surface area contributed by atoms with Crippen LogP contribution >= 0.6 is 23.2 Å². The summed E-state index contributed by atoms with van der Waals surface area (Å²) in [6.07, 6.45) is 5.27. The highest BCUT2D eigenvalue weighted by atomic mass is 35.5. The molecule has 112 valence electrons. The van der Waals surface area contributed by atoms with Crippen molar-refractivity contribution in [3.63, 3.8) is 0 Å². The standard InChI is InChI=1S/C17H25Cl2N/c1-17(2,3)14-6-4-5-7-16(14)20-11-12-10-13(18)8-9-15(12)19/h8-10,14,16,20H,4-7,11H2,1-3H3. The highest BCUT2D eigenvalue weighted by Crippen LogP contribution is 2.38. The van der Waals surface area contributed by atoms with Crippen LogP contribution in [0.3, 0.4) is 0 Å². The minimum absolute atomic E-state index is 0.357. The Morgan fingerprint density at radius 1 is 1.15 bits per heavy atom. The van der Waals surface area contributed by atoms with Gasteiger partial charge in [-0.15, -0.1) is 0 Å². The molecule has 0 aliphatic heterocycles. The lowest BCUT2D eigenvalue weighted by molar-refractivity contribution is 0.130. The predicted octanol–water partition coefficient (Wildman–Crippen LogP) is 5.69. The number of nitrogens with one attached hydrogen (secondary N) is 1. The van der Waals surface area contributed by atoms with Crippen molar-refractivity contribution in [1.82, 2.24) is 5.32 Å². The van der Waals surface area contributed by atoms with E-state index in [0.717, 1.165) is 28.1 Å². The van der Waals surface area contributed by atoms with Gasteiger partial charge in [-0.3, -0.25) is 0 Å². The van der Waals surface area contributed by atoms with Gasteiger partial charge in [0.25, 0.3) is 0 Å². The molecule has 0 bridgehead atoms. The van der Waals surface area contributed by atoms with Crippen LogP contribution in [0.15, 0.2) is 18.2 Å². The normalized spacial score (nSPS) is 23.9. The summed E-state index contributed by atoms with van der Waals surface area (Å²) in [7, 11) is 0. The molecule has 0 spiro atoms. The fraction of sp³-hybridized carbons (Fsp3) is 0.647. The molecule has 0 radical (unpaired) electrons. The Bertz CT molecular complexity index is 451. The first-order valence-electron chi connectivity index (χ1n) is 7.55. The monoisotopic (exact) mass is 313 g/mol. The van der Waals surface area contributed by atoms with E-state index in [0.29, 0.717) is 11.5 Å². The maximum Gasteiger partial charge on any atom is 0.0451 e. The molecule has 1 aliphatic carbocycles. The van der Waals surface area contributed by atoms with Crippen molar-refractivity contribution in [3.05, 3.63) is 33.8 Å². The van der Waals surface area contributed by atoms with Gasteiger partial charge in [0.15, 0.2) is 0 Å². The maximum absolute atomic E-state index is 6.24. The Morgan fingerprint density at radius 3 is 2.55 bits per heavy atom. The van der Waals surface area contributed by atoms with Crippen LogP contribution < -0.4 is 5.32 Å². The quantitative estimate of drug-likeness (QED) is 0.756. The SMILES string of the molecule is CC(C)(C)C1CCCCC1NCc1cc(Cl)ccc1Cl. The minimum atomic E-state index is 0.357. The van der Waals surface area contributed by atoms with E-state index in [-0.39, 0.29) is 0 Å². The summed E-state index contributed by atoms with van der Waals surface area (Å²) in [5, 5.41) is 5.27. The fourth-order valence-electron chi connectivity index (χ4n) is 3.33. The summed E-state index contributed by atoms with van der Waals surface area (Å²) in [6.45, 7) is 7.86. The van der Waals surface area contributed by atoms with Gasteiger partial charge in [-0.25, -0.2) is 0 Å². The van der Waals surface area contributed by atoms with Gasteiger partial charge in [0.1, 0.15) is 0 Å². The number of hydrogen-bond donors (Lipinski definition) is 1. The van der Waals surface area contributed by atoms with Crippen LogP contribution in [0.25, 0.3) is 0 Å². The van der Waals surface area contributed by atoms with Crippen LogP contribution in [0.1, 0.15) is 52.0 Å². The number of benzene rings is 1. The maximum atomic E-state index is 6.24. The van der Waals surface area contributed by atoms with Crippen molar-refractivity contribution in [3.8, 4) is 0 Å². The van der Waals surface area contributed by atoms with Crippen molar-refractivity contribution in [2.24, 2.45) is 11.3 Å². The van der Waals surface area contributed by atoms with Gasteiger partial charge in [0.05, 0.1) is 0 Å². The molecule has 1 nitrogen and oxygen atoms in total. The zero-order chi connectivity index (χ0) is 14.8. The molecule has 20 heavy (non-hydrogen) atoms. The van der Waals surface area contributed by atoms with Gasteiger partial charge in [0, 0.05) is 22.6 Å². The summed E-state index contributed by atoms with van der Waals surface area (Å²) < 4.78 is 0. The van der Waals surface area contributed by atoms with E-state index < -0.39 is 0 Å². The first-order chi connectivity index (χ1) is 9.38. The molecule has 0 aromatic heterocycles. The highest BCUT2D eigenvalue weighted by molar-refractivity contribution is 6.33. The van der Waals surface area contributed by atoms with Crippen LogP contribution in [0.5, 0.6) is 0 Å². The minimum Gasteiger partial charge on any atom is -0.310 e. The molecule has 0 saturated heterocycles. The molecule has 0 heterocycles. The van der Waals surface area contributed by atoms with E-state index in [9.17, 15) is 0 Å². The van der Waals surface area contributed by atoms with E-state index >= 15 is 0 Å². The van der Waals surface area contributed by atoms with E-state index in [4.69, 9.17) is 23.2 Å². The Labute approximate surface area is 133 Å². The van der Waals surface area contributed by atoms with Crippen LogP contribution in [0.2, 0.25) is 10.0 Å². The van der Waals surface area contributed by atoms with Gasteiger partial charge in [0.2, 0.25) is 0 Å². The third-order valence-electron chi connectivity index (χ3n) is 4.44. The fourth-order valence-corrected chi connectivity index (χ4v) is 3.71. The molecule has 2 rings (SSSR count). The van der Waals surface area contributed by atoms with Crippen molar-refractivity contribution >= 4 is 23.2 Å². The van der Waals surface area contributed by atoms with Crippen LogP contribution in [-0.4, -0.2) is 6.04 Å². The number of rotatable bonds is 3. The molecule has 1 saturated carbocycles. The lowest BCUT2D eigenvalue weighted by atomic mass is 9.69. The van der Waals surface area contributed by atoms with Gasteiger partial charge >= 0.3 is 0 Å². The second-order valence-corrected chi connectivity index (χ2v) is 7.82. The highest BCUT2D eigenvalue weighted by Gasteiger charge is 2.33. The summed E-state index contributed by atoms with van der Waals surface area (Å²) in [4.78, 5) is 0. The van der Waals surface area contributed by atoms with Crippen molar-refractivity contribution in [1.29, 1.82) is 0 Å². The molecule has 3 heteroatoms. The molecule has 1 fully saturated rings. The smallest absolute Gasteiger partial charge is 0.0451 e. The summed E-state index contributed by atoms with van der Waals surface area (Å²) in [6, 6.07) is 6.26. The molecular weight excluding hydrogens is 289 g/mol. The molecule has 1 N–H and O–H groups in total. The van der Waals surface area contributed by atoms with E-state index in [1.54, 1.807) is 0 Å². The number of halogens is 2. The van der Waals surface area contributed by atoms with Crippen molar-refractivity contribution in [2.75, 3.05) is 0 Å². The Morgan fingerprint density at radius 2 is 1.85 bits per heavy atom. The summed E-state index contributed by atoms with van der Waals surface area (Å²) in [5.74, 6) is 0.731. The second kappa shape index (κ2) is 6.68. The lowest BCUT2D eigenvalue weighted by Crippen LogP contribution is -2.43. The molecule has 2 unspecified atom stereocenters. The van der Waals surface area contributed by atoms with Gasteiger partial charge in [-0.05, 0) is 47.9 Å². The average molecular weight is 314 g/mol. The third-order valence-corrected chi connectivity index (χ3v) is 5.04. The molecule has 2 atom stereocenters. The van der Waals surface area contributed by atoms with Crippen molar-refractivity contribution < 1.29 is 0 Å². The number of hydrogen-bond acceptors (Lipinski definition) is 1. The zero-order valence-electron chi connectivity index (χ0n) is 12.7. The second-order valence-electron chi connectivity index (χ2n) is 6.98. The summed E-state index contributed by atoms with van der Waals surface area (Å²) >= 11 is 12.3. The Balaban J connectivity index is 2.03. The first kappa shape index (κ1) is 16.1. The Hall–Kier alpha value is -0.240. The summed E-state index contributed by atoms with van der Waals surface area (Å²) in [5.41, 5.74) is 1.45. The van der Waals surface area contributed by atoms with Crippen LogP contribution in [-0.2, 0) is 6.54 Å². The predicted molar refractivity (Wildman–Crippen MR) is 88.5 cm³/mol. The largest absolute Gasteiger partial charge is 0.310 e. The molecule has 1 aromatic rings. The first-order valence-corrected chi connectivity index (χ1v) is 8.31. The van der Waals surface area contributed by atoms with Crippen LogP contribution in [0, 0.1) is 11.3 Å². The molecule has 1 aromatic carbocycles. The Kier molecular flexibility index (Phi) is 5.39. The van der Waals surface area contributed by atoms with Crippen molar-refractivity contribution in [2.45, 2.75) is 59.0 Å². The molecule has 1 aliphatic rings. The zero-order valence-corrected chi connectivity index (χ0v) is 14.2. The molecule has 0 amide bonds. The third kappa shape index (κ3) is 4.13. The van der Waals surface area contributed by atoms with Gasteiger partial charge in [-0.2, -0.15) is 0 Å².